The van der Waals surface area contributed by atoms with Crippen molar-refractivity contribution in [3.05, 3.63) is 12.2 Å². The van der Waals surface area contributed by atoms with Gasteiger partial charge in [0.1, 0.15) is 0 Å². The predicted octanol–water partition coefficient (Wildman–Crippen LogP) is 4.38. The molecular weight excluding hydrogens is 473 g/mol. The quantitative estimate of drug-likeness (QED) is 0.256. The molecule has 4 heteroatoms. The van der Waals surface area contributed by atoms with E-state index in [1.165, 1.54) is 57.2 Å². The molecule has 0 aromatic carbocycles. The molecule has 0 amide bonds. The van der Waals surface area contributed by atoms with Crippen LogP contribution >= 0.6 is 0 Å². The van der Waals surface area contributed by atoms with Crippen LogP contribution in [0, 0.1) is 0 Å². The fourth-order valence-electron chi connectivity index (χ4n) is 2.42. The predicted molar refractivity (Wildman–Crippen MR) is 94.8 cm³/mol. The van der Waals surface area contributed by atoms with E-state index in [1.807, 2.05) is 0 Å². The average Bonchev–Trinajstić information content (AvgIpc) is 2.45. The number of allylic oxidation sites excluding steroid dienone is 1. The Morgan fingerprint density at radius 2 is 1.73 bits per heavy atom. The van der Waals surface area contributed by atoms with Crippen molar-refractivity contribution in [1.82, 2.24) is 0 Å². The molecule has 0 saturated heterocycles. The first-order valence-corrected chi connectivity index (χ1v) is 10.8. The molecule has 2 atom stereocenters. The minimum atomic E-state index is -0.663. The normalized spacial score (nSPS) is 14.3. The standard InChI is InChI=1S/C18H33O3.Po.H/c1-2-3-4-11-14-17(19)15-12-9-7-5-6-8-10-13-16-18(20)21;;/h9,12-13,17,19H,2-8,10-11,14-16H2,1H3,(H,20,21);;/b12-9-;;/t17-;;/m1../s1. The Morgan fingerprint density at radius 3 is 2.41 bits per heavy atom. The number of aliphatic hydroxyl groups excluding tert-OH is 1. The van der Waals surface area contributed by atoms with Gasteiger partial charge in [0.15, 0.2) is 0 Å². The van der Waals surface area contributed by atoms with Crippen LogP contribution in [0.15, 0.2) is 12.2 Å². The van der Waals surface area contributed by atoms with Gasteiger partial charge >= 0.3 is 126 Å². The molecule has 0 rings (SSSR count). The van der Waals surface area contributed by atoms with Gasteiger partial charge in [-0.25, -0.2) is 0 Å². The second kappa shape index (κ2) is 15.9. The third-order valence-electron chi connectivity index (χ3n) is 3.78. The Balaban J connectivity index is 3.38. The van der Waals surface area contributed by atoms with Crippen molar-refractivity contribution in [2.45, 2.75) is 93.7 Å². The van der Waals surface area contributed by atoms with Gasteiger partial charge < -0.3 is 0 Å². The molecule has 0 aliphatic heterocycles. The zero-order valence-corrected chi connectivity index (χ0v) is 17.5. The first-order chi connectivity index (χ1) is 10.6. The van der Waals surface area contributed by atoms with Crippen LogP contribution in [-0.2, 0) is 4.79 Å². The summed E-state index contributed by atoms with van der Waals surface area (Å²) in [6, 6.07) is 0. The fraction of sp³-hybridized carbons (Fsp3) is 0.833. The third-order valence-corrected chi connectivity index (χ3v) is 5.50. The van der Waals surface area contributed by atoms with E-state index >= 15 is 0 Å². The summed E-state index contributed by atoms with van der Waals surface area (Å²) in [5, 5.41) is 18.5. The molecule has 0 aromatic heterocycles. The fourth-order valence-corrected chi connectivity index (χ4v) is 3.74. The maximum absolute atomic E-state index is 10.6. The summed E-state index contributed by atoms with van der Waals surface area (Å²) in [5.74, 6) is -0.663. The molecule has 0 heterocycles. The summed E-state index contributed by atoms with van der Waals surface area (Å²) in [6.07, 6.45) is 16.7. The molecule has 22 heavy (non-hydrogen) atoms. The van der Waals surface area contributed by atoms with E-state index in [4.69, 9.17) is 5.11 Å². The summed E-state index contributed by atoms with van der Waals surface area (Å²) >= 11 is 1.19. The monoisotopic (exact) mass is 507 g/mol. The second-order valence-electron chi connectivity index (χ2n) is 6.10. The molecule has 0 saturated carbocycles. The third kappa shape index (κ3) is 16.4. The SMILES string of the molecule is CCCCCC[C@@H](O)C/C=C\CCCCC[CH]([PoH])CC(=O)O. The molecule has 0 fully saturated rings. The summed E-state index contributed by atoms with van der Waals surface area (Å²) in [6.45, 7) is 2.20. The first-order valence-electron chi connectivity index (χ1n) is 8.79. The Morgan fingerprint density at radius 1 is 1.05 bits per heavy atom. The topological polar surface area (TPSA) is 57.5 Å². The molecule has 0 bridgehead atoms. The molecule has 0 spiro atoms. The Kier molecular flexibility index (Phi) is 16.0. The van der Waals surface area contributed by atoms with Gasteiger partial charge in [-0.05, 0) is 0 Å². The van der Waals surface area contributed by atoms with Gasteiger partial charge in [0.25, 0.3) is 0 Å². The number of carboxylic acids is 1. The van der Waals surface area contributed by atoms with Crippen molar-refractivity contribution < 1.29 is 15.0 Å². The minimum absolute atomic E-state index is 0.172. The molecule has 0 radical (unpaired) electrons. The number of aliphatic carboxylic acids is 1. The summed E-state index contributed by atoms with van der Waals surface area (Å²) < 4.78 is 0.399. The van der Waals surface area contributed by atoms with E-state index in [1.54, 1.807) is 0 Å². The zero-order valence-electron chi connectivity index (χ0n) is 14.0. The van der Waals surface area contributed by atoms with Crippen LogP contribution in [0.2, 0.25) is 3.58 Å². The molecular formula is C18H34O3Po. The van der Waals surface area contributed by atoms with Crippen LogP contribution in [0.25, 0.3) is 0 Å². The van der Waals surface area contributed by atoms with Crippen LogP contribution in [0.4, 0.5) is 0 Å². The van der Waals surface area contributed by atoms with E-state index in [0.29, 0.717) is 10.00 Å². The van der Waals surface area contributed by atoms with Crippen LogP contribution in [0.3, 0.4) is 0 Å². The molecule has 0 aliphatic rings. The van der Waals surface area contributed by atoms with Crippen molar-refractivity contribution in [2.24, 2.45) is 0 Å². The molecule has 2 N–H and O–H groups in total. The van der Waals surface area contributed by atoms with E-state index < -0.39 is 5.97 Å². The molecule has 0 aliphatic carbocycles. The number of hydrogen-bond donors (Lipinski definition) is 2. The molecule has 0 aromatic rings. The van der Waals surface area contributed by atoms with E-state index in [-0.39, 0.29) is 6.10 Å². The van der Waals surface area contributed by atoms with E-state index in [9.17, 15) is 9.90 Å². The van der Waals surface area contributed by atoms with Gasteiger partial charge in [-0.15, -0.1) is 0 Å². The van der Waals surface area contributed by atoms with Crippen LogP contribution in [0.1, 0.15) is 84.0 Å². The van der Waals surface area contributed by atoms with Crippen molar-refractivity contribution in [1.29, 1.82) is 0 Å². The zero-order chi connectivity index (χ0) is 16.6. The van der Waals surface area contributed by atoms with Crippen LogP contribution in [0.5, 0.6) is 0 Å². The number of carbonyl (C=O) groups is 1. The number of hydrogen-bond acceptors (Lipinski definition) is 2. The Hall–Kier alpha value is 0.0661. The number of rotatable bonds is 15. The Bertz CT molecular complexity index is 292. The van der Waals surface area contributed by atoms with Crippen molar-refractivity contribution in [3.8, 4) is 0 Å². The molecule has 1 unspecified atom stereocenters. The molecule has 130 valence electrons. The van der Waals surface area contributed by atoms with Gasteiger partial charge in [0.2, 0.25) is 0 Å². The van der Waals surface area contributed by atoms with Gasteiger partial charge in [0, 0.05) is 0 Å². The van der Waals surface area contributed by atoms with Gasteiger partial charge in [-0.3, -0.25) is 0 Å². The molecule has 3 nitrogen and oxygen atoms in total. The number of unbranched alkanes of at least 4 members (excludes halogenated alkanes) is 6. The second-order valence-corrected chi connectivity index (χ2v) is 8.94. The summed E-state index contributed by atoms with van der Waals surface area (Å²) in [5.41, 5.74) is 0. The first kappa shape index (κ1) is 22.1. The van der Waals surface area contributed by atoms with Crippen molar-refractivity contribution >= 4 is 31.0 Å². The van der Waals surface area contributed by atoms with Crippen LogP contribution < -0.4 is 0 Å². The van der Waals surface area contributed by atoms with Gasteiger partial charge in [-0.2, -0.15) is 0 Å². The van der Waals surface area contributed by atoms with Gasteiger partial charge in [-0.1, -0.05) is 26.2 Å². The van der Waals surface area contributed by atoms with Crippen molar-refractivity contribution in [2.75, 3.05) is 0 Å². The number of carboxylic acid groups (broad SMARTS) is 1. The average molecular weight is 507 g/mol. The van der Waals surface area contributed by atoms with E-state index in [2.05, 4.69) is 19.1 Å². The van der Waals surface area contributed by atoms with Gasteiger partial charge in [0.05, 0.1) is 0 Å². The van der Waals surface area contributed by atoms with E-state index in [0.717, 1.165) is 38.5 Å². The van der Waals surface area contributed by atoms with Crippen molar-refractivity contribution in [3.63, 3.8) is 0 Å². The summed E-state index contributed by atoms with van der Waals surface area (Å²) in [4.78, 5) is 10.6. The number of aliphatic hydroxyl groups is 1. The van der Waals surface area contributed by atoms with Crippen LogP contribution in [-0.4, -0.2) is 47.4 Å². The summed E-state index contributed by atoms with van der Waals surface area (Å²) in [7, 11) is 0. The Labute approximate surface area is 151 Å². The maximum atomic E-state index is 10.6.